The van der Waals surface area contributed by atoms with Crippen LogP contribution in [0.5, 0.6) is 11.5 Å². The van der Waals surface area contributed by atoms with E-state index in [1.807, 2.05) is 18.2 Å². The Bertz CT molecular complexity index is 729. The van der Waals surface area contributed by atoms with Crippen molar-refractivity contribution in [1.29, 1.82) is 0 Å². The van der Waals surface area contributed by atoms with E-state index < -0.39 is 6.10 Å². The summed E-state index contributed by atoms with van der Waals surface area (Å²) in [5, 5.41) is 11.2. The zero-order valence-corrected chi connectivity index (χ0v) is 21.8. The molecule has 1 N–H and O–H groups in total. The van der Waals surface area contributed by atoms with Crippen LogP contribution in [-0.2, 0) is 9.53 Å². The Morgan fingerprint density at radius 1 is 1.00 bits per heavy atom. The van der Waals surface area contributed by atoms with Crippen LogP contribution in [0, 0.1) is 23.7 Å². The van der Waals surface area contributed by atoms with Gasteiger partial charge >= 0.3 is 0 Å². The fraction of sp³-hybridized carbons (Fsp3) is 0.667. The summed E-state index contributed by atoms with van der Waals surface area (Å²) >= 11 is 0. The molecule has 0 saturated carbocycles. The number of methoxy groups -OCH3 is 2. The lowest BCUT2D eigenvalue weighted by molar-refractivity contribution is -0.134. The summed E-state index contributed by atoms with van der Waals surface area (Å²) in [5.74, 6) is 2.00. The molecule has 0 heterocycles. The van der Waals surface area contributed by atoms with E-state index in [4.69, 9.17) is 14.2 Å². The van der Waals surface area contributed by atoms with Crippen LogP contribution in [0.4, 0.5) is 0 Å². The van der Waals surface area contributed by atoms with Crippen molar-refractivity contribution in [2.24, 2.45) is 23.7 Å². The number of carbonyl (C=O) groups is 1. The van der Waals surface area contributed by atoms with E-state index >= 15 is 0 Å². The lowest BCUT2D eigenvalue weighted by Gasteiger charge is -2.26. The van der Waals surface area contributed by atoms with Crippen LogP contribution in [0.2, 0.25) is 0 Å². The third kappa shape index (κ3) is 9.38. The van der Waals surface area contributed by atoms with E-state index in [0.29, 0.717) is 31.1 Å². The van der Waals surface area contributed by atoms with Crippen LogP contribution < -0.4 is 9.47 Å². The van der Waals surface area contributed by atoms with Gasteiger partial charge in [-0.3, -0.25) is 4.79 Å². The Kier molecular flexibility index (Phi) is 13.1. The van der Waals surface area contributed by atoms with E-state index in [1.54, 1.807) is 33.2 Å². The van der Waals surface area contributed by atoms with Crippen LogP contribution in [0.15, 0.2) is 30.4 Å². The SMILES string of the molecule is COCCCOc1cc(C(O)[C@@H](C/C=C/C[C@H](C(=O)N(C)C)C(C)C)C(C)C)ccc1OC. The number of aliphatic hydroxyl groups is 1. The van der Waals surface area contributed by atoms with Gasteiger partial charge in [-0.2, -0.15) is 0 Å². The van der Waals surface area contributed by atoms with Gasteiger partial charge in [-0.25, -0.2) is 0 Å². The Hall–Kier alpha value is -2.05. The number of carbonyl (C=O) groups excluding carboxylic acids is 1. The molecule has 0 bridgehead atoms. The molecular weight excluding hydrogens is 418 g/mol. The molecule has 1 aromatic rings. The van der Waals surface area contributed by atoms with Gasteiger partial charge in [0.05, 0.1) is 19.8 Å². The van der Waals surface area contributed by atoms with Crippen molar-refractivity contribution < 1.29 is 24.1 Å². The van der Waals surface area contributed by atoms with Crippen molar-refractivity contribution in [2.45, 2.75) is 53.1 Å². The molecule has 0 aromatic heterocycles. The third-order valence-electron chi connectivity index (χ3n) is 6.07. The molecule has 0 spiro atoms. The number of hydrogen-bond acceptors (Lipinski definition) is 5. The van der Waals surface area contributed by atoms with Crippen molar-refractivity contribution >= 4 is 5.91 Å². The first-order chi connectivity index (χ1) is 15.6. The van der Waals surface area contributed by atoms with E-state index in [-0.39, 0.29) is 29.6 Å². The second-order valence-electron chi connectivity index (χ2n) is 9.48. The average Bonchev–Trinajstić information content (AvgIpc) is 2.77. The molecule has 1 unspecified atom stereocenters. The van der Waals surface area contributed by atoms with Crippen LogP contribution in [-0.4, -0.2) is 57.4 Å². The number of aliphatic hydroxyl groups excluding tert-OH is 1. The zero-order chi connectivity index (χ0) is 25.0. The molecule has 6 heteroatoms. The molecule has 0 aliphatic carbocycles. The van der Waals surface area contributed by atoms with Crippen molar-refractivity contribution in [1.82, 2.24) is 4.90 Å². The molecule has 0 radical (unpaired) electrons. The standard InChI is InChI=1S/C27H45NO5/c1-19(2)22(12-9-10-13-23(20(3)4)27(30)28(5)6)26(29)21-14-15-24(32-8)25(18-21)33-17-11-16-31-7/h9-10,14-15,18-20,22-23,26,29H,11-13,16-17H2,1-8H3/b10-9+/t22-,23-,26?/m0/s1. The minimum absolute atomic E-state index is 0.0296. The predicted molar refractivity (Wildman–Crippen MR) is 134 cm³/mol. The molecule has 1 aromatic carbocycles. The quantitative estimate of drug-likeness (QED) is 0.289. The van der Waals surface area contributed by atoms with Gasteiger partial charge in [-0.05, 0) is 48.3 Å². The number of benzene rings is 1. The highest BCUT2D eigenvalue weighted by Crippen LogP contribution is 2.36. The van der Waals surface area contributed by atoms with Crippen molar-refractivity contribution in [2.75, 3.05) is 41.5 Å². The molecular formula is C27H45NO5. The molecule has 1 amide bonds. The Morgan fingerprint density at radius 2 is 1.67 bits per heavy atom. The highest BCUT2D eigenvalue weighted by Gasteiger charge is 2.25. The van der Waals surface area contributed by atoms with Gasteiger partial charge in [0.2, 0.25) is 5.91 Å². The van der Waals surface area contributed by atoms with E-state index in [2.05, 4.69) is 39.8 Å². The third-order valence-corrected chi connectivity index (χ3v) is 6.07. The number of ether oxygens (including phenoxy) is 3. The minimum Gasteiger partial charge on any atom is -0.493 e. The second-order valence-corrected chi connectivity index (χ2v) is 9.48. The summed E-state index contributed by atoms with van der Waals surface area (Å²) in [6, 6.07) is 5.62. The molecule has 0 aliphatic heterocycles. The van der Waals surface area contributed by atoms with Gasteiger partial charge in [0, 0.05) is 40.2 Å². The number of rotatable bonds is 15. The van der Waals surface area contributed by atoms with Crippen LogP contribution in [0.1, 0.15) is 58.6 Å². The number of amides is 1. The van der Waals surface area contributed by atoms with E-state index in [0.717, 1.165) is 18.4 Å². The van der Waals surface area contributed by atoms with Gasteiger partial charge in [0.1, 0.15) is 0 Å². The lowest BCUT2D eigenvalue weighted by atomic mass is 9.83. The van der Waals surface area contributed by atoms with Crippen LogP contribution in [0.3, 0.4) is 0 Å². The second kappa shape index (κ2) is 15.0. The van der Waals surface area contributed by atoms with Crippen molar-refractivity contribution in [3.8, 4) is 11.5 Å². The summed E-state index contributed by atoms with van der Waals surface area (Å²) in [7, 11) is 6.88. The van der Waals surface area contributed by atoms with Crippen LogP contribution in [0.25, 0.3) is 0 Å². The normalized spacial score (nSPS) is 14.5. The Morgan fingerprint density at radius 3 is 2.21 bits per heavy atom. The largest absolute Gasteiger partial charge is 0.493 e. The topological polar surface area (TPSA) is 68.2 Å². The Labute approximate surface area is 200 Å². The molecule has 0 aliphatic rings. The highest BCUT2D eigenvalue weighted by molar-refractivity contribution is 5.78. The average molecular weight is 464 g/mol. The smallest absolute Gasteiger partial charge is 0.225 e. The first kappa shape index (κ1) is 29.0. The fourth-order valence-corrected chi connectivity index (χ4v) is 3.87. The summed E-state index contributed by atoms with van der Waals surface area (Å²) in [5.41, 5.74) is 0.812. The monoisotopic (exact) mass is 463 g/mol. The van der Waals surface area contributed by atoms with E-state index in [9.17, 15) is 9.90 Å². The maximum absolute atomic E-state index is 12.4. The number of allylic oxidation sites excluding steroid dienone is 2. The molecule has 0 fully saturated rings. The molecule has 0 saturated heterocycles. The fourth-order valence-electron chi connectivity index (χ4n) is 3.87. The maximum atomic E-state index is 12.4. The summed E-state index contributed by atoms with van der Waals surface area (Å²) in [4.78, 5) is 14.1. The molecule has 1 rings (SSSR count). The summed E-state index contributed by atoms with van der Waals surface area (Å²) in [6.07, 6.45) is 5.78. The van der Waals surface area contributed by atoms with Gasteiger partial charge < -0.3 is 24.2 Å². The highest BCUT2D eigenvalue weighted by atomic mass is 16.5. The van der Waals surface area contributed by atoms with Crippen LogP contribution >= 0.6 is 0 Å². The first-order valence-corrected chi connectivity index (χ1v) is 12.0. The lowest BCUT2D eigenvalue weighted by Crippen LogP contribution is -2.32. The minimum atomic E-state index is -0.633. The number of nitrogens with zero attached hydrogens (tertiary/aromatic N) is 1. The van der Waals surface area contributed by atoms with Crippen molar-refractivity contribution in [3.05, 3.63) is 35.9 Å². The maximum Gasteiger partial charge on any atom is 0.225 e. The van der Waals surface area contributed by atoms with E-state index in [1.165, 1.54) is 0 Å². The van der Waals surface area contributed by atoms with Gasteiger partial charge in [0.15, 0.2) is 11.5 Å². The van der Waals surface area contributed by atoms with Crippen molar-refractivity contribution in [3.63, 3.8) is 0 Å². The van der Waals surface area contributed by atoms with Gasteiger partial charge in [-0.1, -0.05) is 45.9 Å². The zero-order valence-electron chi connectivity index (χ0n) is 21.8. The molecule has 3 atom stereocenters. The van der Waals surface area contributed by atoms with Gasteiger partial charge in [0.25, 0.3) is 0 Å². The van der Waals surface area contributed by atoms with Gasteiger partial charge in [-0.15, -0.1) is 0 Å². The first-order valence-electron chi connectivity index (χ1n) is 12.0. The molecule has 6 nitrogen and oxygen atoms in total. The Balaban J connectivity index is 2.90. The molecule has 188 valence electrons. The number of hydrogen-bond donors (Lipinski definition) is 1. The summed E-state index contributed by atoms with van der Waals surface area (Å²) in [6.45, 7) is 9.56. The summed E-state index contributed by atoms with van der Waals surface area (Å²) < 4.78 is 16.4. The predicted octanol–water partition coefficient (Wildman–Crippen LogP) is 5.11. The molecule has 33 heavy (non-hydrogen) atoms.